The van der Waals surface area contributed by atoms with E-state index in [0.717, 1.165) is 16.2 Å². The number of rotatable bonds is 7. The molecule has 1 aromatic heterocycles. The largest absolute Gasteiger partial charge is 0.508 e. The smallest absolute Gasteiger partial charge is 0.357 e. The first kappa shape index (κ1) is 22.2. The number of carbonyl (C=O) groups excluding carboxylic acids is 4. The van der Waals surface area contributed by atoms with Gasteiger partial charge in [0.2, 0.25) is 5.91 Å². The average Bonchev–Trinajstić information content (AvgIpc) is 3.29. The standard InChI is InChI=1S/C20H22N4O6S/c1-10(2)7-14(16(26)23-19-21-13(9-31-19)18(28)30-3)24-17(27)15(22-20(24)29)11-5-4-6-12(25)8-11/h4-6,8-10,14-15,25H,7H2,1-3H3,(H,22,29)(H,21,23,26)/t14?,15-/m0/s1. The number of nitrogens with one attached hydrogen (secondary N) is 2. The highest BCUT2D eigenvalue weighted by atomic mass is 32.1. The maximum Gasteiger partial charge on any atom is 0.357 e. The summed E-state index contributed by atoms with van der Waals surface area (Å²) in [7, 11) is 1.22. The molecular formula is C20H22N4O6S. The van der Waals surface area contributed by atoms with Crippen LogP contribution in [0.15, 0.2) is 29.6 Å². The van der Waals surface area contributed by atoms with Crippen LogP contribution in [0.3, 0.4) is 0 Å². The van der Waals surface area contributed by atoms with Crippen LogP contribution in [0.1, 0.15) is 42.4 Å². The van der Waals surface area contributed by atoms with Gasteiger partial charge in [-0.25, -0.2) is 19.5 Å². The molecular weight excluding hydrogens is 424 g/mol. The first-order valence-corrected chi connectivity index (χ1v) is 10.4. The minimum Gasteiger partial charge on any atom is -0.508 e. The zero-order valence-electron chi connectivity index (χ0n) is 17.1. The van der Waals surface area contributed by atoms with Crippen molar-refractivity contribution < 1.29 is 29.0 Å². The first-order valence-electron chi connectivity index (χ1n) is 9.48. The van der Waals surface area contributed by atoms with E-state index in [2.05, 4.69) is 20.4 Å². The molecule has 0 radical (unpaired) electrons. The average molecular weight is 446 g/mol. The van der Waals surface area contributed by atoms with Crippen molar-refractivity contribution in [2.45, 2.75) is 32.4 Å². The molecule has 3 rings (SSSR count). The number of ether oxygens (including phenoxy) is 1. The highest BCUT2D eigenvalue weighted by Gasteiger charge is 2.45. The predicted octanol–water partition coefficient (Wildman–Crippen LogP) is 2.28. The molecule has 2 heterocycles. The number of hydrogen-bond acceptors (Lipinski definition) is 8. The van der Waals surface area contributed by atoms with E-state index in [1.165, 1.54) is 24.6 Å². The van der Waals surface area contributed by atoms with Gasteiger partial charge in [-0.3, -0.25) is 9.59 Å². The third-order valence-electron chi connectivity index (χ3n) is 4.61. The van der Waals surface area contributed by atoms with Crippen molar-refractivity contribution >= 4 is 40.3 Å². The second kappa shape index (κ2) is 9.13. The third kappa shape index (κ3) is 4.82. The fourth-order valence-electron chi connectivity index (χ4n) is 3.21. The molecule has 2 atom stereocenters. The number of thiazole rings is 1. The van der Waals surface area contributed by atoms with Crippen molar-refractivity contribution in [2.24, 2.45) is 5.92 Å². The molecule has 1 aliphatic rings. The van der Waals surface area contributed by atoms with E-state index >= 15 is 0 Å². The lowest BCUT2D eigenvalue weighted by atomic mass is 10.0. The highest BCUT2D eigenvalue weighted by Crippen LogP contribution is 2.28. The van der Waals surface area contributed by atoms with Crippen molar-refractivity contribution in [1.29, 1.82) is 0 Å². The Morgan fingerprint density at radius 1 is 1.35 bits per heavy atom. The van der Waals surface area contributed by atoms with Gasteiger partial charge in [0.25, 0.3) is 5.91 Å². The van der Waals surface area contributed by atoms with Crippen LogP contribution in [0.5, 0.6) is 5.75 Å². The van der Waals surface area contributed by atoms with Crippen LogP contribution in [0.25, 0.3) is 0 Å². The molecule has 3 N–H and O–H groups in total. The van der Waals surface area contributed by atoms with Gasteiger partial charge in [0.1, 0.15) is 17.8 Å². The number of amides is 4. The number of urea groups is 1. The zero-order valence-corrected chi connectivity index (χ0v) is 17.9. The van der Waals surface area contributed by atoms with Crippen LogP contribution in [0.4, 0.5) is 9.93 Å². The normalized spacial score (nSPS) is 16.9. The molecule has 31 heavy (non-hydrogen) atoms. The van der Waals surface area contributed by atoms with Gasteiger partial charge in [-0.15, -0.1) is 11.3 Å². The summed E-state index contributed by atoms with van der Waals surface area (Å²) in [6, 6.07) is 3.21. The molecule has 0 saturated carbocycles. The molecule has 164 valence electrons. The summed E-state index contributed by atoms with van der Waals surface area (Å²) >= 11 is 1.03. The van der Waals surface area contributed by atoms with Gasteiger partial charge in [-0.2, -0.15) is 0 Å². The van der Waals surface area contributed by atoms with E-state index in [4.69, 9.17) is 0 Å². The Labute approximate surface area is 182 Å². The Bertz CT molecular complexity index is 1020. The number of aromatic nitrogens is 1. The van der Waals surface area contributed by atoms with Gasteiger partial charge in [-0.1, -0.05) is 26.0 Å². The first-order chi connectivity index (χ1) is 14.7. The van der Waals surface area contributed by atoms with E-state index in [1.807, 2.05) is 13.8 Å². The molecule has 0 bridgehead atoms. The Morgan fingerprint density at radius 3 is 2.74 bits per heavy atom. The lowest BCUT2D eigenvalue weighted by Crippen LogP contribution is -2.48. The summed E-state index contributed by atoms with van der Waals surface area (Å²) in [4.78, 5) is 55.2. The zero-order chi connectivity index (χ0) is 22.7. The number of methoxy groups -OCH3 is 1. The van der Waals surface area contributed by atoms with Crippen molar-refractivity contribution in [1.82, 2.24) is 15.2 Å². The van der Waals surface area contributed by atoms with Gasteiger partial charge in [-0.05, 0) is 30.0 Å². The summed E-state index contributed by atoms with van der Waals surface area (Å²) in [5.74, 6) is -1.87. The molecule has 10 nitrogen and oxygen atoms in total. The van der Waals surface area contributed by atoms with Crippen LogP contribution in [0.2, 0.25) is 0 Å². The second-order valence-corrected chi connectivity index (χ2v) is 8.21. The number of hydrogen-bond donors (Lipinski definition) is 3. The van der Waals surface area contributed by atoms with Gasteiger partial charge in [0, 0.05) is 5.38 Å². The van der Waals surface area contributed by atoms with Gasteiger partial charge >= 0.3 is 12.0 Å². The number of imide groups is 1. The number of nitrogens with zero attached hydrogens (tertiary/aromatic N) is 2. The quantitative estimate of drug-likeness (QED) is 0.438. The molecule has 1 fully saturated rings. The molecule has 11 heteroatoms. The van der Waals surface area contributed by atoms with E-state index in [-0.39, 0.29) is 28.9 Å². The molecule has 4 amide bonds. The van der Waals surface area contributed by atoms with Crippen LogP contribution in [-0.4, -0.2) is 52.0 Å². The van der Waals surface area contributed by atoms with E-state index in [0.29, 0.717) is 5.56 Å². The lowest BCUT2D eigenvalue weighted by Gasteiger charge is -2.25. The predicted molar refractivity (Wildman–Crippen MR) is 112 cm³/mol. The van der Waals surface area contributed by atoms with Gasteiger partial charge in [0.15, 0.2) is 10.8 Å². The maximum atomic E-state index is 13.0. The van der Waals surface area contributed by atoms with Crippen LogP contribution < -0.4 is 10.6 Å². The second-order valence-electron chi connectivity index (χ2n) is 7.35. The fraction of sp³-hybridized carbons (Fsp3) is 0.350. The Kier molecular flexibility index (Phi) is 6.54. The SMILES string of the molecule is COC(=O)c1csc(NC(=O)C(CC(C)C)N2C(=O)N[C@@H](c3cccc(O)c3)C2=O)n1. The summed E-state index contributed by atoms with van der Waals surface area (Å²) in [6.45, 7) is 3.73. The Hall–Kier alpha value is -3.47. The molecule has 0 spiro atoms. The van der Waals surface area contributed by atoms with Crippen LogP contribution >= 0.6 is 11.3 Å². The fourth-order valence-corrected chi connectivity index (χ4v) is 3.90. The molecule has 1 unspecified atom stereocenters. The monoisotopic (exact) mass is 446 g/mol. The number of carbonyl (C=O) groups is 4. The van der Waals surface area contributed by atoms with E-state index in [1.54, 1.807) is 12.1 Å². The van der Waals surface area contributed by atoms with E-state index in [9.17, 15) is 24.3 Å². The maximum absolute atomic E-state index is 13.0. The van der Waals surface area contributed by atoms with Crippen molar-refractivity contribution in [2.75, 3.05) is 12.4 Å². The summed E-state index contributed by atoms with van der Waals surface area (Å²) in [5.41, 5.74) is 0.453. The minimum absolute atomic E-state index is 0.00176. The third-order valence-corrected chi connectivity index (χ3v) is 5.37. The highest BCUT2D eigenvalue weighted by molar-refractivity contribution is 7.14. The Morgan fingerprint density at radius 2 is 2.10 bits per heavy atom. The van der Waals surface area contributed by atoms with Crippen LogP contribution in [-0.2, 0) is 14.3 Å². The number of anilines is 1. The number of benzene rings is 1. The number of aromatic hydroxyl groups is 1. The number of phenolic OH excluding ortho intramolecular Hbond substituents is 1. The van der Waals surface area contributed by atoms with Crippen molar-refractivity contribution in [3.63, 3.8) is 0 Å². The van der Waals surface area contributed by atoms with Crippen LogP contribution in [0, 0.1) is 5.92 Å². The molecule has 1 aliphatic heterocycles. The lowest BCUT2D eigenvalue weighted by molar-refractivity contribution is -0.134. The van der Waals surface area contributed by atoms with E-state index < -0.39 is 35.9 Å². The summed E-state index contributed by atoms with van der Waals surface area (Å²) < 4.78 is 4.60. The topological polar surface area (TPSA) is 138 Å². The number of phenols is 1. The van der Waals surface area contributed by atoms with Gasteiger partial charge in [0.05, 0.1) is 7.11 Å². The summed E-state index contributed by atoms with van der Waals surface area (Å²) in [5, 5.41) is 16.4. The molecule has 1 aromatic carbocycles. The molecule has 2 aromatic rings. The summed E-state index contributed by atoms with van der Waals surface area (Å²) in [6.07, 6.45) is 0.229. The van der Waals surface area contributed by atoms with Crippen molar-refractivity contribution in [3.05, 3.63) is 40.9 Å². The minimum atomic E-state index is -1.08. The van der Waals surface area contributed by atoms with Gasteiger partial charge < -0.3 is 20.5 Å². The molecule has 1 saturated heterocycles. The van der Waals surface area contributed by atoms with Crippen molar-refractivity contribution in [3.8, 4) is 5.75 Å². The Balaban J connectivity index is 1.83. The molecule has 0 aliphatic carbocycles. The number of esters is 1.